The average Bonchev–Trinajstić information content (AvgIpc) is 2.60. The Balaban J connectivity index is 1.68. The molecule has 3 unspecified atom stereocenters. The zero-order valence-corrected chi connectivity index (χ0v) is 10.9. The van der Waals surface area contributed by atoms with Crippen molar-refractivity contribution in [2.75, 3.05) is 26.4 Å². The molecule has 3 atom stereocenters. The molecule has 1 saturated carbocycles. The van der Waals surface area contributed by atoms with E-state index in [-0.39, 0.29) is 12.0 Å². The molecule has 1 N–H and O–H groups in total. The van der Waals surface area contributed by atoms with Crippen LogP contribution in [0.2, 0.25) is 0 Å². The largest absolute Gasteiger partial charge is 0.396 e. The molecule has 2 heterocycles. The first kappa shape index (κ1) is 11.9. The van der Waals surface area contributed by atoms with E-state index in [0.29, 0.717) is 6.04 Å². The molecule has 0 aromatic carbocycles. The van der Waals surface area contributed by atoms with Gasteiger partial charge in [0.05, 0.1) is 25.2 Å². The van der Waals surface area contributed by atoms with Crippen molar-refractivity contribution in [3.05, 3.63) is 0 Å². The monoisotopic (exact) mass is 239 g/mol. The molecule has 0 bridgehead atoms. The second-order valence-corrected chi connectivity index (χ2v) is 6.52. The third-order valence-corrected chi connectivity index (χ3v) is 5.17. The summed E-state index contributed by atoms with van der Waals surface area (Å²) in [6.45, 7) is 5.20. The summed E-state index contributed by atoms with van der Waals surface area (Å²) in [4.78, 5) is 2.68. The minimum Gasteiger partial charge on any atom is -0.396 e. The van der Waals surface area contributed by atoms with Crippen LogP contribution in [0.4, 0.5) is 0 Å². The summed E-state index contributed by atoms with van der Waals surface area (Å²) in [5.41, 5.74) is 0.0561. The van der Waals surface area contributed by atoms with E-state index in [9.17, 15) is 5.11 Å². The number of hydrogen-bond donors (Lipinski definition) is 1. The van der Waals surface area contributed by atoms with Gasteiger partial charge in [0, 0.05) is 18.6 Å². The van der Waals surface area contributed by atoms with Gasteiger partial charge in [-0.25, -0.2) is 0 Å². The Morgan fingerprint density at radius 3 is 2.71 bits per heavy atom. The van der Waals surface area contributed by atoms with Gasteiger partial charge >= 0.3 is 0 Å². The molecule has 0 amide bonds. The van der Waals surface area contributed by atoms with Crippen LogP contribution >= 0.6 is 0 Å². The van der Waals surface area contributed by atoms with Crippen molar-refractivity contribution in [3.8, 4) is 0 Å². The minimum absolute atomic E-state index is 0.0561. The van der Waals surface area contributed by atoms with Crippen molar-refractivity contribution in [2.24, 2.45) is 11.3 Å². The van der Waals surface area contributed by atoms with Gasteiger partial charge in [-0.05, 0) is 32.1 Å². The first-order chi connectivity index (χ1) is 8.24. The van der Waals surface area contributed by atoms with E-state index in [0.717, 1.165) is 31.7 Å². The van der Waals surface area contributed by atoms with Crippen molar-refractivity contribution in [1.82, 2.24) is 4.90 Å². The van der Waals surface area contributed by atoms with Crippen LogP contribution in [-0.2, 0) is 4.74 Å². The van der Waals surface area contributed by atoms with Crippen molar-refractivity contribution >= 4 is 0 Å². The lowest BCUT2D eigenvalue weighted by atomic mass is 9.83. The van der Waals surface area contributed by atoms with Gasteiger partial charge in [0.2, 0.25) is 0 Å². The molecule has 0 aromatic heterocycles. The molecule has 98 valence electrons. The van der Waals surface area contributed by atoms with E-state index in [4.69, 9.17) is 4.74 Å². The van der Waals surface area contributed by atoms with E-state index >= 15 is 0 Å². The third-order valence-electron chi connectivity index (χ3n) is 5.17. The van der Waals surface area contributed by atoms with Crippen molar-refractivity contribution in [2.45, 2.75) is 51.1 Å². The smallest absolute Gasteiger partial charge is 0.0579 e. The number of aliphatic hydroxyl groups excluding tert-OH is 1. The molecule has 3 aliphatic rings. The highest BCUT2D eigenvalue weighted by Crippen LogP contribution is 2.42. The molecule has 3 nitrogen and oxygen atoms in total. The lowest BCUT2D eigenvalue weighted by Gasteiger charge is -2.45. The molecule has 0 aromatic rings. The zero-order valence-electron chi connectivity index (χ0n) is 10.9. The number of nitrogens with zero attached hydrogens (tertiary/aromatic N) is 1. The van der Waals surface area contributed by atoms with Crippen molar-refractivity contribution in [1.29, 1.82) is 0 Å². The lowest BCUT2D eigenvalue weighted by Crippen LogP contribution is -2.55. The molecule has 1 aliphatic carbocycles. The molecule has 3 rings (SSSR count). The molecular weight excluding hydrogens is 214 g/mol. The van der Waals surface area contributed by atoms with Crippen LogP contribution in [0.25, 0.3) is 0 Å². The SMILES string of the molecule is CC1CC2CCCCC2N1CC1(CO)COC1. The number of fused-ring (bicyclic) bond motifs is 1. The number of hydrogen-bond acceptors (Lipinski definition) is 3. The quantitative estimate of drug-likeness (QED) is 0.813. The van der Waals surface area contributed by atoms with Gasteiger partial charge in [-0.3, -0.25) is 4.90 Å². The highest BCUT2D eigenvalue weighted by Gasteiger charge is 2.46. The molecule has 3 heteroatoms. The van der Waals surface area contributed by atoms with E-state index in [2.05, 4.69) is 11.8 Å². The second-order valence-electron chi connectivity index (χ2n) is 6.52. The van der Waals surface area contributed by atoms with Crippen LogP contribution < -0.4 is 0 Å². The molecular formula is C14H25NO2. The second kappa shape index (κ2) is 4.52. The maximum atomic E-state index is 9.57. The predicted octanol–water partition coefficient (Wildman–Crippen LogP) is 1.65. The molecule has 3 fully saturated rings. The van der Waals surface area contributed by atoms with Gasteiger partial charge in [0.25, 0.3) is 0 Å². The van der Waals surface area contributed by atoms with Gasteiger partial charge in [-0.2, -0.15) is 0 Å². The highest BCUT2D eigenvalue weighted by molar-refractivity contribution is 4.98. The topological polar surface area (TPSA) is 32.7 Å². The van der Waals surface area contributed by atoms with Gasteiger partial charge in [-0.1, -0.05) is 12.8 Å². The maximum absolute atomic E-state index is 9.57. The molecule has 2 saturated heterocycles. The summed E-state index contributed by atoms with van der Waals surface area (Å²) >= 11 is 0. The molecule has 17 heavy (non-hydrogen) atoms. The first-order valence-electron chi connectivity index (χ1n) is 7.18. The van der Waals surface area contributed by atoms with E-state index in [1.54, 1.807) is 0 Å². The fourth-order valence-electron chi connectivity index (χ4n) is 4.08. The van der Waals surface area contributed by atoms with Crippen LogP contribution in [0.15, 0.2) is 0 Å². The fraction of sp³-hybridized carbons (Fsp3) is 1.00. The molecule has 2 aliphatic heterocycles. The van der Waals surface area contributed by atoms with Crippen molar-refractivity contribution in [3.63, 3.8) is 0 Å². The normalized spacial score (nSPS) is 40.9. The molecule has 0 spiro atoms. The van der Waals surface area contributed by atoms with Crippen LogP contribution in [0.1, 0.15) is 39.0 Å². The van der Waals surface area contributed by atoms with Gasteiger partial charge < -0.3 is 9.84 Å². The van der Waals surface area contributed by atoms with Crippen LogP contribution in [-0.4, -0.2) is 48.5 Å². The Bertz CT molecular complexity index is 272. The Hall–Kier alpha value is -0.120. The zero-order chi connectivity index (χ0) is 11.9. The van der Waals surface area contributed by atoms with Gasteiger partial charge in [0.1, 0.15) is 0 Å². The highest BCUT2D eigenvalue weighted by atomic mass is 16.5. The van der Waals surface area contributed by atoms with E-state index in [1.165, 1.54) is 32.1 Å². The average molecular weight is 239 g/mol. The third kappa shape index (κ3) is 2.02. The minimum atomic E-state index is 0.0561. The summed E-state index contributed by atoms with van der Waals surface area (Å²) in [7, 11) is 0. The standard InChI is InChI=1S/C14H25NO2/c1-11-6-12-4-2-3-5-13(12)15(11)7-14(8-16)9-17-10-14/h11-13,16H,2-10H2,1H3. The maximum Gasteiger partial charge on any atom is 0.0579 e. The predicted molar refractivity (Wildman–Crippen MR) is 66.9 cm³/mol. The Morgan fingerprint density at radius 2 is 2.06 bits per heavy atom. The summed E-state index contributed by atoms with van der Waals surface area (Å²) < 4.78 is 5.32. The summed E-state index contributed by atoms with van der Waals surface area (Å²) in [6.07, 6.45) is 6.99. The fourth-order valence-corrected chi connectivity index (χ4v) is 4.08. The van der Waals surface area contributed by atoms with Gasteiger partial charge in [-0.15, -0.1) is 0 Å². The Kier molecular flexibility index (Phi) is 3.18. The van der Waals surface area contributed by atoms with Crippen LogP contribution in [0.5, 0.6) is 0 Å². The Morgan fingerprint density at radius 1 is 1.29 bits per heavy atom. The first-order valence-corrected chi connectivity index (χ1v) is 7.18. The lowest BCUT2D eigenvalue weighted by molar-refractivity contribution is -0.153. The van der Waals surface area contributed by atoms with E-state index < -0.39 is 0 Å². The van der Waals surface area contributed by atoms with Crippen LogP contribution in [0, 0.1) is 11.3 Å². The molecule has 0 radical (unpaired) electrons. The summed E-state index contributed by atoms with van der Waals surface area (Å²) in [5, 5.41) is 9.57. The van der Waals surface area contributed by atoms with E-state index in [1.807, 2.05) is 0 Å². The number of ether oxygens (including phenoxy) is 1. The summed E-state index contributed by atoms with van der Waals surface area (Å²) in [5.74, 6) is 0.926. The number of rotatable bonds is 3. The number of aliphatic hydroxyl groups is 1. The summed E-state index contributed by atoms with van der Waals surface area (Å²) in [6, 6.07) is 1.50. The Labute approximate surface area is 104 Å². The van der Waals surface area contributed by atoms with Crippen LogP contribution in [0.3, 0.4) is 0 Å². The number of likely N-dealkylation sites (tertiary alicyclic amines) is 1. The van der Waals surface area contributed by atoms with Crippen molar-refractivity contribution < 1.29 is 9.84 Å². The van der Waals surface area contributed by atoms with Gasteiger partial charge in [0.15, 0.2) is 0 Å².